The highest BCUT2D eigenvalue weighted by atomic mass is 16.5. The van der Waals surface area contributed by atoms with E-state index in [-0.39, 0.29) is 23.7 Å². The Kier molecular flexibility index (Phi) is 4.68. The van der Waals surface area contributed by atoms with Crippen molar-refractivity contribution in [3.05, 3.63) is 60.4 Å². The highest BCUT2D eigenvalue weighted by Crippen LogP contribution is 2.28. The Morgan fingerprint density at radius 1 is 1.13 bits per heavy atom. The zero-order valence-electron chi connectivity index (χ0n) is 16.2. The Morgan fingerprint density at radius 3 is 2.97 bits per heavy atom. The van der Waals surface area contributed by atoms with Gasteiger partial charge in [-0.25, -0.2) is 9.97 Å². The first-order chi connectivity index (χ1) is 14.7. The Bertz CT molecular complexity index is 1100. The largest absolute Gasteiger partial charge is 0.490 e. The maximum absolute atomic E-state index is 12.9. The van der Waals surface area contributed by atoms with Gasteiger partial charge in [-0.1, -0.05) is 24.3 Å². The SMILES string of the molecule is Nc1ncc2nc1C(=O)Nc1ccccc1OC[C@@H]1C[C@H](CN1)Oc1cccc-2c1. The number of fused-ring (bicyclic) bond motifs is 8. The monoisotopic (exact) mass is 403 g/mol. The van der Waals surface area contributed by atoms with Gasteiger partial charge in [-0.2, -0.15) is 0 Å². The molecular formula is C22H21N5O3. The van der Waals surface area contributed by atoms with E-state index in [1.54, 1.807) is 12.3 Å². The number of nitrogens with zero attached hydrogens (tertiary/aromatic N) is 2. The van der Waals surface area contributed by atoms with Crippen molar-refractivity contribution in [2.24, 2.45) is 0 Å². The lowest BCUT2D eigenvalue weighted by Gasteiger charge is -2.17. The lowest BCUT2D eigenvalue weighted by atomic mass is 10.1. The fraction of sp³-hybridized carbons (Fsp3) is 0.227. The number of para-hydroxylation sites is 2. The number of nitrogens with two attached hydrogens (primary N) is 1. The van der Waals surface area contributed by atoms with Crippen LogP contribution in [-0.2, 0) is 0 Å². The number of carbonyl (C=O) groups is 1. The van der Waals surface area contributed by atoms with Crippen LogP contribution in [0.3, 0.4) is 0 Å². The Morgan fingerprint density at radius 2 is 2.03 bits per heavy atom. The molecule has 8 heteroatoms. The maximum atomic E-state index is 12.9. The number of rotatable bonds is 0. The van der Waals surface area contributed by atoms with Crippen LogP contribution >= 0.6 is 0 Å². The Hall–Kier alpha value is -3.65. The molecule has 3 aromatic rings. The Balaban J connectivity index is 1.57. The molecule has 0 aliphatic carbocycles. The van der Waals surface area contributed by atoms with E-state index in [0.29, 0.717) is 23.7 Å². The van der Waals surface area contributed by atoms with E-state index < -0.39 is 5.91 Å². The van der Waals surface area contributed by atoms with E-state index in [4.69, 9.17) is 15.2 Å². The summed E-state index contributed by atoms with van der Waals surface area (Å²) in [4.78, 5) is 21.6. The first kappa shape index (κ1) is 18.4. The summed E-state index contributed by atoms with van der Waals surface area (Å²) < 4.78 is 12.2. The third kappa shape index (κ3) is 3.65. The number of carbonyl (C=O) groups excluding carboxylic acids is 1. The van der Waals surface area contributed by atoms with Crippen LogP contribution in [-0.4, -0.2) is 41.2 Å². The highest BCUT2D eigenvalue weighted by molar-refractivity contribution is 6.06. The van der Waals surface area contributed by atoms with Crippen LogP contribution in [0.15, 0.2) is 54.7 Å². The molecule has 0 saturated carbocycles. The molecule has 1 aromatic heterocycles. The van der Waals surface area contributed by atoms with E-state index >= 15 is 0 Å². The van der Waals surface area contributed by atoms with Crippen molar-refractivity contribution in [3.8, 4) is 22.8 Å². The second-order valence-corrected chi connectivity index (χ2v) is 7.36. The molecule has 0 radical (unpaired) electrons. The molecule has 1 saturated heterocycles. The molecule has 2 aliphatic rings. The van der Waals surface area contributed by atoms with Crippen molar-refractivity contribution in [1.82, 2.24) is 15.3 Å². The number of nitrogen functional groups attached to an aromatic ring is 1. The number of hydrogen-bond donors (Lipinski definition) is 3. The predicted molar refractivity (Wildman–Crippen MR) is 113 cm³/mol. The molecule has 2 aliphatic heterocycles. The normalized spacial score (nSPS) is 20.5. The van der Waals surface area contributed by atoms with Crippen molar-refractivity contribution in [3.63, 3.8) is 0 Å². The summed E-state index contributed by atoms with van der Waals surface area (Å²) in [6, 6.07) is 15.0. The summed E-state index contributed by atoms with van der Waals surface area (Å²) in [5.74, 6) is 0.932. The predicted octanol–water partition coefficient (Wildman–Crippen LogP) is 2.48. The third-order valence-electron chi connectivity index (χ3n) is 5.21. The van der Waals surface area contributed by atoms with Crippen LogP contribution in [0, 0.1) is 0 Å². The van der Waals surface area contributed by atoms with E-state index in [0.717, 1.165) is 24.3 Å². The number of amides is 1. The first-order valence-electron chi connectivity index (χ1n) is 9.82. The number of anilines is 2. The fourth-order valence-corrected chi connectivity index (χ4v) is 3.69. The second kappa shape index (κ2) is 7.64. The molecule has 6 bridgehead atoms. The van der Waals surface area contributed by atoms with Crippen molar-refractivity contribution >= 4 is 17.4 Å². The minimum Gasteiger partial charge on any atom is -0.490 e. The standard InChI is InChI=1S/C22H21N5O3/c23-21-20-22(28)27-17-6-1-2-7-19(17)29-12-14-9-16(10-24-14)30-15-5-3-4-13(8-15)18(26-20)11-25-21/h1-8,11,14,16,24H,9-10,12H2,(H2,23,25)(H,27,28)/t14-,16+/m0/s1. The van der Waals surface area contributed by atoms with Gasteiger partial charge in [-0.15, -0.1) is 0 Å². The van der Waals surface area contributed by atoms with Crippen LogP contribution in [0.5, 0.6) is 11.5 Å². The zero-order valence-corrected chi connectivity index (χ0v) is 16.2. The van der Waals surface area contributed by atoms with Gasteiger partial charge in [0.05, 0.1) is 17.6 Å². The summed E-state index contributed by atoms with van der Waals surface area (Å²) in [6.45, 7) is 1.20. The van der Waals surface area contributed by atoms with E-state index in [1.165, 1.54) is 0 Å². The lowest BCUT2D eigenvalue weighted by molar-refractivity contribution is 0.102. The van der Waals surface area contributed by atoms with Crippen LogP contribution in [0.4, 0.5) is 11.5 Å². The molecule has 8 nitrogen and oxygen atoms in total. The summed E-state index contributed by atoms with van der Waals surface area (Å²) in [5, 5.41) is 6.29. The Labute approximate surface area is 173 Å². The molecule has 152 valence electrons. The van der Waals surface area contributed by atoms with Crippen molar-refractivity contribution < 1.29 is 14.3 Å². The molecule has 0 unspecified atom stereocenters. The minimum absolute atomic E-state index is 0.0461. The summed E-state index contributed by atoms with van der Waals surface area (Å²) in [7, 11) is 0. The van der Waals surface area contributed by atoms with Gasteiger partial charge >= 0.3 is 0 Å². The average molecular weight is 403 g/mol. The molecule has 30 heavy (non-hydrogen) atoms. The lowest BCUT2D eigenvalue weighted by Crippen LogP contribution is -2.28. The van der Waals surface area contributed by atoms with E-state index in [9.17, 15) is 4.79 Å². The van der Waals surface area contributed by atoms with Crippen LogP contribution in [0.25, 0.3) is 11.3 Å². The quantitative estimate of drug-likeness (QED) is 0.529. The van der Waals surface area contributed by atoms with Gasteiger partial charge in [0, 0.05) is 24.6 Å². The highest BCUT2D eigenvalue weighted by Gasteiger charge is 2.27. The van der Waals surface area contributed by atoms with Gasteiger partial charge in [0.1, 0.15) is 24.2 Å². The molecule has 4 N–H and O–H groups in total. The van der Waals surface area contributed by atoms with Gasteiger partial charge < -0.3 is 25.8 Å². The van der Waals surface area contributed by atoms with Crippen LogP contribution in [0.2, 0.25) is 0 Å². The number of aromatic nitrogens is 2. The van der Waals surface area contributed by atoms with Crippen molar-refractivity contribution in [2.75, 3.05) is 24.2 Å². The molecule has 0 spiro atoms. The third-order valence-corrected chi connectivity index (χ3v) is 5.21. The van der Waals surface area contributed by atoms with Gasteiger partial charge in [-0.3, -0.25) is 4.79 Å². The summed E-state index contributed by atoms with van der Waals surface area (Å²) in [6.07, 6.45) is 2.42. The zero-order chi connectivity index (χ0) is 20.5. The molecule has 1 amide bonds. The van der Waals surface area contributed by atoms with E-state index in [1.807, 2.05) is 42.5 Å². The molecule has 1 fully saturated rings. The maximum Gasteiger partial charge on any atom is 0.278 e. The smallest absolute Gasteiger partial charge is 0.278 e. The molecular weight excluding hydrogens is 382 g/mol. The number of hydrogen-bond acceptors (Lipinski definition) is 7. The van der Waals surface area contributed by atoms with Crippen molar-refractivity contribution in [2.45, 2.75) is 18.6 Å². The van der Waals surface area contributed by atoms with Gasteiger partial charge in [0.2, 0.25) is 0 Å². The van der Waals surface area contributed by atoms with Crippen LogP contribution in [0.1, 0.15) is 16.9 Å². The molecule has 3 heterocycles. The summed E-state index contributed by atoms with van der Waals surface area (Å²) in [5.41, 5.74) is 7.90. The van der Waals surface area contributed by atoms with Gasteiger partial charge in [0.15, 0.2) is 11.5 Å². The van der Waals surface area contributed by atoms with Gasteiger partial charge in [0.25, 0.3) is 5.91 Å². The first-order valence-corrected chi connectivity index (χ1v) is 9.82. The average Bonchev–Trinajstić information content (AvgIpc) is 3.20. The van der Waals surface area contributed by atoms with E-state index in [2.05, 4.69) is 20.6 Å². The molecule has 2 aromatic carbocycles. The fourth-order valence-electron chi connectivity index (χ4n) is 3.69. The summed E-state index contributed by atoms with van der Waals surface area (Å²) >= 11 is 0. The van der Waals surface area contributed by atoms with Gasteiger partial charge in [-0.05, 0) is 24.3 Å². The number of ether oxygens (including phenoxy) is 2. The number of nitrogens with one attached hydrogen (secondary N) is 2. The van der Waals surface area contributed by atoms with Crippen LogP contribution < -0.4 is 25.8 Å². The number of benzene rings is 2. The molecule has 5 rings (SSSR count). The molecule has 2 atom stereocenters. The minimum atomic E-state index is -0.448. The van der Waals surface area contributed by atoms with Crippen molar-refractivity contribution in [1.29, 1.82) is 0 Å². The second-order valence-electron chi connectivity index (χ2n) is 7.36. The topological polar surface area (TPSA) is 111 Å².